The van der Waals surface area contributed by atoms with Gasteiger partial charge in [0, 0.05) is 29.9 Å². The van der Waals surface area contributed by atoms with Gasteiger partial charge in [-0.1, -0.05) is 6.42 Å². The zero-order valence-electron chi connectivity index (χ0n) is 19.7. The fourth-order valence-electron chi connectivity index (χ4n) is 4.11. The number of carbonyl (C=O) groups is 2. The molecule has 1 aliphatic rings. The highest BCUT2D eigenvalue weighted by Gasteiger charge is 2.22. The Labute approximate surface area is 203 Å². The number of aromatic nitrogens is 1. The number of fused-ring (bicyclic) bond motifs is 1. The van der Waals surface area contributed by atoms with Crippen molar-refractivity contribution >= 4 is 34.3 Å². The Balaban J connectivity index is 1.65. The molecular weight excluding hydrogens is 452 g/mol. The van der Waals surface area contributed by atoms with Crippen molar-refractivity contribution in [3.63, 3.8) is 0 Å². The Morgan fingerprint density at radius 2 is 2.00 bits per heavy atom. The molecular formula is C25H28N4O4S. The number of amides is 1. The average molecular weight is 481 g/mol. The van der Waals surface area contributed by atoms with Crippen LogP contribution in [-0.2, 0) is 38.4 Å². The predicted molar refractivity (Wildman–Crippen MR) is 129 cm³/mol. The highest BCUT2D eigenvalue weighted by Crippen LogP contribution is 2.36. The Kier molecular flexibility index (Phi) is 8.64. The lowest BCUT2D eigenvalue weighted by molar-refractivity contribution is -0.142. The van der Waals surface area contributed by atoms with Gasteiger partial charge < -0.3 is 19.4 Å². The number of thiophene rings is 1. The first kappa shape index (κ1) is 25.2. The van der Waals surface area contributed by atoms with Gasteiger partial charge in [0.15, 0.2) is 6.61 Å². The number of nitrogens with zero attached hydrogens (tertiary/aromatic N) is 3. The molecule has 2 heterocycles. The number of nitrogens with one attached hydrogen (secondary N) is 1. The number of rotatable bonds is 8. The smallest absolute Gasteiger partial charge is 0.349 e. The van der Waals surface area contributed by atoms with Crippen LogP contribution in [0.4, 0.5) is 5.00 Å². The topological polar surface area (TPSA) is 117 Å². The van der Waals surface area contributed by atoms with Crippen LogP contribution in [-0.4, -0.2) is 36.8 Å². The largest absolute Gasteiger partial charge is 0.451 e. The SMILES string of the molecule is COCCn1c(C)cc(/C=C(\C#N)C(=O)OCC(=O)Nc2sc3c(c2C#N)CCCCC3)c1C. The van der Waals surface area contributed by atoms with Crippen LogP contribution in [0.15, 0.2) is 11.6 Å². The van der Waals surface area contributed by atoms with Crippen LogP contribution in [0.2, 0.25) is 0 Å². The van der Waals surface area contributed by atoms with Crippen LogP contribution in [0.3, 0.4) is 0 Å². The van der Waals surface area contributed by atoms with Crippen LogP contribution in [0.25, 0.3) is 6.08 Å². The van der Waals surface area contributed by atoms with E-state index in [4.69, 9.17) is 9.47 Å². The van der Waals surface area contributed by atoms with Gasteiger partial charge in [-0.2, -0.15) is 10.5 Å². The number of esters is 1. The summed E-state index contributed by atoms with van der Waals surface area (Å²) in [7, 11) is 1.63. The normalized spacial score (nSPS) is 13.4. The monoisotopic (exact) mass is 480 g/mol. The molecule has 0 atom stereocenters. The first-order chi connectivity index (χ1) is 16.4. The van der Waals surface area contributed by atoms with Gasteiger partial charge >= 0.3 is 5.97 Å². The van der Waals surface area contributed by atoms with Gasteiger partial charge in [-0.25, -0.2) is 4.79 Å². The zero-order chi connectivity index (χ0) is 24.7. The van der Waals surface area contributed by atoms with Crippen molar-refractivity contribution in [3.05, 3.63) is 44.6 Å². The first-order valence-electron chi connectivity index (χ1n) is 11.2. The molecule has 0 saturated carbocycles. The molecule has 178 valence electrons. The van der Waals surface area contributed by atoms with E-state index in [1.807, 2.05) is 30.6 Å². The summed E-state index contributed by atoms with van der Waals surface area (Å²) in [6, 6.07) is 5.95. The van der Waals surface area contributed by atoms with E-state index in [1.165, 1.54) is 17.4 Å². The second kappa shape index (κ2) is 11.6. The van der Waals surface area contributed by atoms with Gasteiger partial charge in [0.05, 0.1) is 12.2 Å². The fourth-order valence-corrected chi connectivity index (χ4v) is 5.37. The Bertz CT molecular complexity index is 1190. The number of carbonyl (C=O) groups excluding carboxylic acids is 2. The maximum absolute atomic E-state index is 12.5. The third-order valence-corrected chi connectivity index (χ3v) is 7.10. The van der Waals surface area contributed by atoms with Crippen LogP contribution in [0.5, 0.6) is 0 Å². The van der Waals surface area contributed by atoms with Crippen LogP contribution >= 0.6 is 11.3 Å². The number of ether oxygens (including phenoxy) is 2. The molecule has 1 amide bonds. The van der Waals surface area contributed by atoms with Gasteiger partial charge in [0.25, 0.3) is 5.91 Å². The van der Waals surface area contributed by atoms with Crippen molar-refractivity contribution < 1.29 is 19.1 Å². The summed E-state index contributed by atoms with van der Waals surface area (Å²) in [5.41, 5.74) is 3.94. The predicted octanol–water partition coefficient (Wildman–Crippen LogP) is 4.04. The van der Waals surface area contributed by atoms with Crippen molar-refractivity contribution in [3.8, 4) is 12.1 Å². The Morgan fingerprint density at radius 1 is 1.24 bits per heavy atom. The highest BCUT2D eigenvalue weighted by atomic mass is 32.1. The van der Waals surface area contributed by atoms with Gasteiger partial charge in [0.1, 0.15) is 22.7 Å². The number of anilines is 1. The Hall–Kier alpha value is -3.40. The average Bonchev–Trinajstić information content (AvgIpc) is 3.16. The van der Waals surface area contributed by atoms with E-state index in [1.54, 1.807) is 7.11 Å². The molecule has 0 spiro atoms. The van der Waals surface area contributed by atoms with E-state index in [-0.39, 0.29) is 5.57 Å². The van der Waals surface area contributed by atoms with E-state index in [2.05, 4.69) is 11.4 Å². The molecule has 9 heteroatoms. The standard InChI is InChI=1S/C25H28N4O4S/c1-16-11-18(17(2)29(16)9-10-32-3)12-19(13-26)25(31)33-15-23(30)28-24-21(14-27)20-7-5-4-6-8-22(20)34-24/h11-12H,4-10,15H2,1-3H3,(H,28,30)/b19-12+. The number of nitriles is 2. The second-order valence-corrected chi connectivity index (χ2v) is 9.25. The molecule has 2 aromatic rings. The molecule has 8 nitrogen and oxygen atoms in total. The van der Waals surface area contributed by atoms with E-state index in [0.717, 1.165) is 59.5 Å². The first-order valence-corrected chi connectivity index (χ1v) is 12.0. The van der Waals surface area contributed by atoms with E-state index < -0.39 is 18.5 Å². The van der Waals surface area contributed by atoms with Crippen LogP contribution in [0, 0.1) is 36.5 Å². The maximum atomic E-state index is 12.5. The number of hydrogen-bond donors (Lipinski definition) is 1. The summed E-state index contributed by atoms with van der Waals surface area (Å²) in [5.74, 6) is -1.42. The second-order valence-electron chi connectivity index (χ2n) is 8.15. The molecule has 34 heavy (non-hydrogen) atoms. The van der Waals surface area contributed by atoms with Gasteiger partial charge in [-0.3, -0.25) is 4.79 Å². The molecule has 0 aliphatic heterocycles. The molecule has 0 aromatic carbocycles. The van der Waals surface area contributed by atoms with Crippen LogP contribution in [0.1, 0.15) is 52.2 Å². The number of hydrogen-bond acceptors (Lipinski definition) is 7. The van der Waals surface area contributed by atoms with Gasteiger partial charge in [0.2, 0.25) is 0 Å². The summed E-state index contributed by atoms with van der Waals surface area (Å²) in [4.78, 5) is 26.0. The molecule has 1 N–H and O–H groups in total. The van der Waals surface area contributed by atoms with Crippen molar-refractivity contribution in [1.29, 1.82) is 10.5 Å². The van der Waals surface area contributed by atoms with Crippen molar-refractivity contribution in [1.82, 2.24) is 4.57 Å². The van der Waals surface area contributed by atoms with Gasteiger partial charge in [-0.05, 0) is 62.8 Å². The van der Waals surface area contributed by atoms with Gasteiger partial charge in [-0.15, -0.1) is 11.3 Å². The minimum atomic E-state index is -0.873. The van der Waals surface area contributed by atoms with E-state index >= 15 is 0 Å². The lowest BCUT2D eigenvalue weighted by atomic mass is 10.1. The lowest BCUT2D eigenvalue weighted by Gasteiger charge is -2.08. The van der Waals surface area contributed by atoms with Crippen molar-refractivity contribution in [2.45, 2.75) is 52.5 Å². The van der Waals surface area contributed by atoms with E-state index in [9.17, 15) is 20.1 Å². The minimum absolute atomic E-state index is 0.194. The lowest BCUT2D eigenvalue weighted by Crippen LogP contribution is -2.21. The summed E-state index contributed by atoms with van der Waals surface area (Å²) in [6.07, 6.45) is 6.44. The maximum Gasteiger partial charge on any atom is 0.349 e. The Morgan fingerprint density at radius 3 is 2.71 bits per heavy atom. The quantitative estimate of drug-likeness (QED) is 0.264. The zero-order valence-corrected chi connectivity index (χ0v) is 20.5. The van der Waals surface area contributed by atoms with Crippen molar-refractivity contribution in [2.75, 3.05) is 25.6 Å². The highest BCUT2D eigenvalue weighted by molar-refractivity contribution is 7.16. The van der Waals surface area contributed by atoms with E-state index in [0.29, 0.717) is 23.7 Å². The molecule has 0 bridgehead atoms. The van der Waals surface area contributed by atoms with Crippen LogP contribution < -0.4 is 5.32 Å². The fraction of sp³-hybridized carbons (Fsp3) is 0.440. The summed E-state index contributed by atoms with van der Waals surface area (Å²) >= 11 is 1.42. The molecule has 0 saturated heterocycles. The third kappa shape index (κ3) is 5.74. The molecule has 3 rings (SSSR count). The molecule has 0 radical (unpaired) electrons. The van der Waals surface area contributed by atoms with Crippen molar-refractivity contribution in [2.24, 2.45) is 0 Å². The molecule has 0 fully saturated rings. The minimum Gasteiger partial charge on any atom is -0.451 e. The number of methoxy groups -OCH3 is 1. The molecule has 2 aromatic heterocycles. The third-order valence-electron chi connectivity index (χ3n) is 5.89. The molecule has 0 unspecified atom stereocenters. The number of aryl methyl sites for hydroxylation is 2. The summed E-state index contributed by atoms with van der Waals surface area (Å²) in [5, 5.41) is 22.3. The molecule has 1 aliphatic carbocycles. The summed E-state index contributed by atoms with van der Waals surface area (Å²) in [6.45, 7) is 4.50. The summed E-state index contributed by atoms with van der Waals surface area (Å²) < 4.78 is 12.3.